The molecule has 0 aliphatic carbocycles. The maximum Gasteiger partial charge on any atom is 0.196 e. The van der Waals surface area contributed by atoms with E-state index in [1.807, 2.05) is 36.4 Å². The van der Waals surface area contributed by atoms with E-state index in [9.17, 15) is 9.90 Å². The average Bonchev–Trinajstić information content (AvgIpc) is 2.94. The monoisotopic (exact) mass is 470 g/mol. The minimum absolute atomic E-state index is 0.235. The summed E-state index contributed by atoms with van der Waals surface area (Å²) >= 11 is 0. The van der Waals surface area contributed by atoms with E-state index in [0.29, 0.717) is 17.7 Å². The molecule has 35 heavy (non-hydrogen) atoms. The van der Waals surface area contributed by atoms with E-state index in [2.05, 4.69) is 50.3 Å². The molecule has 0 saturated carbocycles. The Morgan fingerprint density at radius 1 is 0.771 bits per heavy atom. The van der Waals surface area contributed by atoms with Crippen molar-refractivity contribution in [2.75, 3.05) is 62.2 Å². The molecule has 5 rings (SSSR count). The molecule has 0 spiro atoms. The van der Waals surface area contributed by atoms with Crippen molar-refractivity contribution >= 4 is 17.2 Å². The quantitative estimate of drug-likeness (QED) is 0.517. The van der Waals surface area contributed by atoms with E-state index >= 15 is 0 Å². The molecule has 1 unspecified atom stereocenters. The van der Waals surface area contributed by atoms with Crippen LogP contribution in [0.15, 0.2) is 78.9 Å². The lowest BCUT2D eigenvalue weighted by atomic mass is 9.95. The number of nitrogens with zero attached hydrogens (tertiary/aromatic N) is 3. The van der Waals surface area contributed by atoms with Crippen molar-refractivity contribution in [3.05, 3.63) is 95.6 Å². The number of nitrogens with one attached hydrogen (secondary N) is 1. The van der Waals surface area contributed by atoms with Crippen molar-refractivity contribution in [2.45, 2.75) is 12.6 Å². The zero-order chi connectivity index (χ0) is 24.0. The third-order valence-electron chi connectivity index (χ3n) is 7.09. The van der Waals surface area contributed by atoms with E-state index in [0.717, 1.165) is 63.6 Å². The Labute approximate surface area is 207 Å². The fourth-order valence-corrected chi connectivity index (χ4v) is 5.05. The molecule has 0 radical (unpaired) electrons. The highest BCUT2D eigenvalue weighted by atomic mass is 16.3. The van der Waals surface area contributed by atoms with Crippen molar-refractivity contribution < 1.29 is 9.90 Å². The van der Waals surface area contributed by atoms with Crippen molar-refractivity contribution in [3.8, 4) is 0 Å². The smallest absolute Gasteiger partial charge is 0.196 e. The first-order valence-electron chi connectivity index (χ1n) is 12.6. The van der Waals surface area contributed by atoms with Gasteiger partial charge in [-0.05, 0) is 41.5 Å². The lowest BCUT2D eigenvalue weighted by Gasteiger charge is -2.36. The van der Waals surface area contributed by atoms with Crippen LogP contribution in [0, 0.1) is 0 Å². The Kier molecular flexibility index (Phi) is 7.42. The summed E-state index contributed by atoms with van der Waals surface area (Å²) in [6, 6.07) is 25.9. The molecule has 3 aromatic rings. The Balaban J connectivity index is 1.36. The number of aliphatic hydroxyl groups is 1. The number of aliphatic hydroxyl groups excluding tert-OH is 1. The Hall–Kier alpha value is -3.19. The Morgan fingerprint density at radius 2 is 1.40 bits per heavy atom. The van der Waals surface area contributed by atoms with Crippen LogP contribution < -0.4 is 15.1 Å². The van der Waals surface area contributed by atoms with Gasteiger partial charge < -0.3 is 20.2 Å². The number of hydrogen-bond acceptors (Lipinski definition) is 6. The minimum atomic E-state index is -1.16. The van der Waals surface area contributed by atoms with E-state index in [1.165, 1.54) is 5.69 Å². The van der Waals surface area contributed by atoms with Gasteiger partial charge in [-0.2, -0.15) is 0 Å². The van der Waals surface area contributed by atoms with Gasteiger partial charge >= 0.3 is 0 Å². The molecule has 6 heteroatoms. The van der Waals surface area contributed by atoms with E-state index in [4.69, 9.17) is 0 Å². The first-order valence-corrected chi connectivity index (χ1v) is 12.6. The summed E-state index contributed by atoms with van der Waals surface area (Å²) in [7, 11) is 0. The fourth-order valence-electron chi connectivity index (χ4n) is 5.05. The van der Waals surface area contributed by atoms with Gasteiger partial charge in [-0.1, -0.05) is 48.5 Å². The number of hydrogen-bond donors (Lipinski definition) is 2. The molecule has 2 aliphatic rings. The number of anilines is 2. The van der Waals surface area contributed by atoms with Crippen LogP contribution in [0.5, 0.6) is 0 Å². The van der Waals surface area contributed by atoms with Gasteiger partial charge in [0.05, 0.1) is 0 Å². The van der Waals surface area contributed by atoms with Gasteiger partial charge in [-0.15, -0.1) is 0 Å². The van der Waals surface area contributed by atoms with E-state index in [-0.39, 0.29) is 5.78 Å². The molecule has 2 fully saturated rings. The topological polar surface area (TPSA) is 59.1 Å². The Bertz CT molecular complexity index is 1110. The lowest BCUT2D eigenvalue weighted by Crippen LogP contribution is -2.46. The van der Waals surface area contributed by atoms with Gasteiger partial charge in [-0.3, -0.25) is 9.69 Å². The zero-order valence-corrected chi connectivity index (χ0v) is 20.1. The molecule has 1 atom stereocenters. The normalized spacial score (nSPS) is 17.9. The van der Waals surface area contributed by atoms with Gasteiger partial charge in [0, 0.05) is 75.8 Å². The van der Waals surface area contributed by atoms with Gasteiger partial charge in [-0.25, -0.2) is 0 Å². The number of benzene rings is 3. The first kappa shape index (κ1) is 23.5. The highest BCUT2D eigenvalue weighted by molar-refractivity contribution is 6.01. The number of Topliss-reactive ketones (excluding diaryl/α,β-unsaturated/α-hetero) is 1. The summed E-state index contributed by atoms with van der Waals surface area (Å²) in [5, 5.41) is 14.3. The van der Waals surface area contributed by atoms with Gasteiger partial charge in [0.2, 0.25) is 0 Å². The second-order valence-electron chi connectivity index (χ2n) is 9.35. The first-order chi connectivity index (χ1) is 17.2. The maximum absolute atomic E-state index is 13.4. The third kappa shape index (κ3) is 5.56. The maximum atomic E-state index is 13.4. The highest BCUT2D eigenvalue weighted by Crippen LogP contribution is 2.27. The summed E-state index contributed by atoms with van der Waals surface area (Å²) in [6.07, 6.45) is -1.16. The molecule has 2 aliphatic heterocycles. The summed E-state index contributed by atoms with van der Waals surface area (Å²) in [6.45, 7) is 8.31. The SMILES string of the molecule is O=C(c1ccc(N2CCNCC2)cc1CN1CCN(c2ccccc2)CC1)C(O)c1ccccc1. The average molecular weight is 471 g/mol. The number of para-hydroxylation sites is 1. The summed E-state index contributed by atoms with van der Waals surface area (Å²) in [5.74, 6) is -0.235. The van der Waals surface area contributed by atoms with Crippen LogP contribution in [0.25, 0.3) is 0 Å². The molecular weight excluding hydrogens is 436 g/mol. The molecule has 182 valence electrons. The predicted molar refractivity (Wildman–Crippen MR) is 141 cm³/mol. The summed E-state index contributed by atoms with van der Waals surface area (Å²) < 4.78 is 0. The zero-order valence-electron chi connectivity index (χ0n) is 20.1. The molecule has 0 bridgehead atoms. The van der Waals surface area contributed by atoms with Gasteiger partial charge in [0.1, 0.15) is 6.10 Å². The van der Waals surface area contributed by atoms with Crippen LogP contribution in [-0.2, 0) is 6.54 Å². The van der Waals surface area contributed by atoms with Crippen molar-refractivity contribution in [1.82, 2.24) is 10.2 Å². The second kappa shape index (κ2) is 11.0. The highest BCUT2D eigenvalue weighted by Gasteiger charge is 2.25. The van der Waals surface area contributed by atoms with Gasteiger partial charge in [0.25, 0.3) is 0 Å². The number of piperazine rings is 2. The van der Waals surface area contributed by atoms with Crippen molar-refractivity contribution in [1.29, 1.82) is 0 Å². The van der Waals surface area contributed by atoms with Crippen LogP contribution in [0.4, 0.5) is 11.4 Å². The predicted octanol–water partition coefficient (Wildman–Crippen LogP) is 3.33. The van der Waals surface area contributed by atoms with Crippen LogP contribution >= 0.6 is 0 Å². The van der Waals surface area contributed by atoms with Gasteiger partial charge in [0.15, 0.2) is 5.78 Å². The van der Waals surface area contributed by atoms with Crippen LogP contribution in [-0.4, -0.2) is 68.1 Å². The number of carbonyl (C=O) groups is 1. The van der Waals surface area contributed by atoms with Crippen molar-refractivity contribution in [2.24, 2.45) is 0 Å². The summed E-state index contributed by atoms with van der Waals surface area (Å²) in [5.41, 5.74) is 4.65. The number of rotatable bonds is 7. The molecule has 2 N–H and O–H groups in total. The van der Waals surface area contributed by atoms with E-state index < -0.39 is 6.10 Å². The number of ketones is 1. The number of carbonyl (C=O) groups excluding carboxylic acids is 1. The van der Waals surface area contributed by atoms with E-state index in [1.54, 1.807) is 12.1 Å². The molecular formula is C29H34N4O2. The van der Waals surface area contributed by atoms with Crippen molar-refractivity contribution in [3.63, 3.8) is 0 Å². The standard InChI is InChI=1S/C29H34N4O2/c34-28(23-7-3-1-4-8-23)29(35)27-12-11-26(32-15-13-30-14-16-32)21-24(27)22-31-17-19-33(20-18-31)25-9-5-2-6-10-25/h1-12,21,28,30,34H,13-20,22H2. The summed E-state index contributed by atoms with van der Waals surface area (Å²) in [4.78, 5) is 20.6. The lowest BCUT2D eigenvalue weighted by molar-refractivity contribution is 0.0745. The Morgan fingerprint density at radius 3 is 2.09 bits per heavy atom. The molecule has 3 aromatic carbocycles. The minimum Gasteiger partial charge on any atom is -0.380 e. The molecule has 0 aromatic heterocycles. The van der Waals surface area contributed by atoms with Crippen LogP contribution in [0.3, 0.4) is 0 Å². The fraction of sp³-hybridized carbons (Fsp3) is 0.345. The largest absolute Gasteiger partial charge is 0.380 e. The molecule has 0 amide bonds. The molecule has 2 saturated heterocycles. The third-order valence-corrected chi connectivity index (χ3v) is 7.09. The molecule has 2 heterocycles. The second-order valence-corrected chi connectivity index (χ2v) is 9.35. The van der Waals surface area contributed by atoms with Crippen LogP contribution in [0.1, 0.15) is 27.6 Å². The molecule has 6 nitrogen and oxygen atoms in total. The van der Waals surface area contributed by atoms with Crippen LogP contribution in [0.2, 0.25) is 0 Å².